The van der Waals surface area contributed by atoms with Crippen LogP contribution in [-0.2, 0) is 16.1 Å². The van der Waals surface area contributed by atoms with Gasteiger partial charge >= 0.3 is 5.97 Å². The molecule has 0 saturated carbocycles. The molecule has 4 nitrogen and oxygen atoms in total. The standard InChI is InChI=1S/C18H18O4/c1-14(2)18(19)22-17-10-8-16(9-11-17)21-13-20-12-15-6-4-3-5-7-15/h3-11H,1,12-13H2,2H3. The van der Waals surface area contributed by atoms with E-state index in [9.17, 15) is 4.79 Å². The van der Waals surface area contributed by atoms with Gasteiger partial charge in [0.2, 0.25) is 0 Å². The van der Waals surface area contributed by atoms with Crippen LogP contribution in [0.4, 0.5) is 0 Å². The molecule has 114 valence electrons. The lowest BCUT2D eigenvalue weighted by Crippen LogP contribution is -2.08. The molecule has 0 amide bonds. The van der Waals surface area contributed by atoms with E-state index in [4.69, 9.17) is 14.2 Å². The van der Waals surface area contributed by atoms with E-state index in [0.717, 1.165) is 5.56 Å². The molecule has 22 heavy (non-hydrogen) atoms. The summed E-state index contributed by atoms with van der Waals surface area (Å²) in [6.45, 7) is 5.78. The van der Waals surface area contributed by atoms with Crippen molar-refractivity contribution in [3.05, 3.63) is 72.3 Å². The number of hydrogen-bond donors (Lipinski definition) is 0. The summed E-state index contributed by atoms with van der Waals surface area (Å²) in [7, 11) is 0. The molecule has 0 fully saturated rings. The minimum absolute atomic E-state index is 0.153. The number of ether oxygens (including phenoxy) is 3. The van der Waals surface area contributed by atoms with Gasteiger partial charge < -0.3 is 14.2 Å². The predicted molar refractivity (Wildman–Crippen MR) is 83.6 cm³/mol. The Morgan fingerprint density at radius 2 is 1.64 bits per heavy atom. The Labute approximate surface area is 129 Å². The monoisotopic (exact) mass is 298 g/mol. The smallest absolute Gasteiger partial charge is 0.338 e. The second-order valence-electron chi connectivity index (χ2n) is 4.74. The highest BCUT2D eigenvalue weighted by Crippen LogP contribution is 2.18. The number of carbonyl (C=O) groups excluding carboxylic acids is 1. The van der Waals surface area contributed by atoms with E-state index in [1.54, 1.807) is 31.2 Å². The fourth-order valence-electron chi connectivity index (χ4n) is 1.64. The molecule has 0 heterocycles. The van der Waals surface area contributed by atoms with Crippen LogP contribution in [0.25, 0.3) is 0 Å². The molecule has 0 N–H and O–H groups in total. The second-order valence-corrected chi connectivity index (χ2v) is 4.74. The first-order chi connectivity index (χ1) is 10.6. The molecule has 0 saturated heterocycles. The summed E-state index contributed by atoms with van der Waals surface area (Å²) in [6, 6.07) is 16.6. The van der Waals surface area contributed by atoms with Crippen LogP contribution in [0, 0.1) is 0 Å². The first kappa shape index (κ1) is 15.8. The van der Waals surface area contributed by atoms with Crippen LogP contribution in [0.3, 0.4) is 0 Å². The molecule has 2 aromatic carbocycles. The van der Waals surface area contributed by atoms with E-state index in [1.807, 2.05) is 30.3 Å². The van der Waals surface area contributed by atoms with Gasteiger partial charge in [-0.1, -0.05) is 36.9 Å². The molecule has 0 aliphatic carbocycles. The zero-order chi connectivity index (χ0) is 15.8. The molecule has 4 heteroatoms. The first-order valence-electron chi connectivity index (χ1n) is 6.87. The second kappa shape index (κ2) is 8.00. The van der Waals surface area contributed by atoms with E-state index in [1.165, 1.54) is 0 Å². The van der Waals surface area contributed by atoms with Gasteiger partial charge in [-0.2, -0.15) is 0 Å². The van der Waals surface area contributed by atoms with Crippen molar-refractivity contribution in [2.24, 2.45) is 0 Å². The Bertz CT molecular complexity index is 617. The molecule has 0 unspecified atom stereocenters. The third-order valence-electron chi connectivity index (χ3n) is 2.80. The van der Waals surface area contributed by atoms with Crippen LogP contribution in [0.15, 0.2) is 66.7 Å². The number of benzene rings is 2. The maximum absolute atomic E-state index is 11.4. The van der Waals surface area contributed by atoms with Crippen molar-refractivity contribution < 1.29 is 19.0 Å². The molecule has 0 bridgehead atoms. The van der Waals surface area contributed by atoms with Gasteiger partial charge in [0.1, 0.15) is 11.5 Å². The van der Waals surface area contributed by atoms with Crippen molar-refractivity contribution in [2.45, 2.75) is 13.5 Å². The lowest BCUT2D eigenvalue weighted by atomic mass is 10.2. The minimum Gasteiger partial charge on any atom is -0.468 e. The maximum atomic E-state index is 11.4. The van der Waals surface area contributed by atoms with E-state index in [-0.39, 0.29) is 6.79 Å². The van der Waals surface area contributed by atoms with Crippen molar-refractivity contribution in [3.8, 4) is 11.5 Å². The van der Waals surface area contributed by atoms with Gasteiger partial charge in [-0.25, -0.2) is 4.79 Å². The van der Waals surface area contributed by atoms with Gasteiger partial charge in [0.25, 0.3) is 0 Å². The minimum atomic E-state index is -0.445. The largest absolute Gasteiger partial charge is 0.468 e. The Balaban J connectivity index is 1.74. The molecule has 0 aliphatic heterocycles. The lowest BCUT2D eigenvalue weighted by Gasteiger charge is -2.08. The number of carbonyl (C=O) groups is 1. The van der Waals surface area contributed by atoms with E-state index >= 15 is 0 Å². The average Bonchev–Trinajstić information content (AvgIpc) is 2.54. The highest BCUT2D eigenvalue weighted by molar-refractivity contribution is 5.88. The fourth-order valence-corrected chi connectivity index (χ4v) is 1.64. The zero-order valence-corrected chi connectivity index (χ0v) is 12.5. The zero-order valence-electron chi connectivity index (χ0n) is 12.5. The van der Waals surface area contributed by atoms with Crippen LogP contribution in [0.5, 0.6) is 11.5 Å². The van der Waals surface area contributed by atoms with Crippen molar-refractivity contribution >= 4 is 5.97 Å². The Hall–Kier alpha value is -2.59. The highest BCUT2D eigenvalue weighted by atomic mass is 16.7. The molecule has 0 radical (unpaired) electrons. The van der Waals surface area contributed by atoms with Crippen molar-refractivity contribution in [1.29, 1.82) is 0 Å². The van der Waals surface area contributed by atoms with Crippen LogP contribution >= 0.6 is 0 Å². The number of hydrogen-bond acceptors (Lipinski definition) is 4. The van der Waals surface area contributed by atoms with E-state index in [0.29, 0.717) is 23.7 Å². The summed E-state index contributed by atoms with van der Waals surface area (Å²) in [5, 5.41) is 0. The summed E-state index contributed by atoms with van der Waals surface area (Å²) >= 11 is 0. The van der Waals surface area contributed by atoms with E-state index in [2.05, 4.69) is 6.58 Å². The van der Waals surface area contributed by atoms with E-state index < -0.39 is 5.97 Å². The molecule has 0 aromatic heterocycles. The molecule has 2 aromatic rings. The highest BCUT2D eigenvalue weighted by Gasteiger charge is 2.05. The van der Waals surface area contributed by atoms with Gasteiger partial charge in [0.05, 0.1) is 6.61 Å². The fraction of sp³-hybridized carbons (Fsp3) is 0.167. The summed E-state index contributed by atoms with van der Waals surface area (Å²) in [5.74, 6) is 0.647. The predicted octanol–water partition coefficient (Wildman–Crippen LogP) is 3.72. The van der Waals surface area contributed by atoms with Gasteiger partial charge in [-0.15, -0.1) is 0 Å². The summed E-state index contributed by atoms with van der Waals surface area (Å²) in [4.78, 5) is 11.4. The third-order valence-corrected chi connectivity index (χ3v) is 2.80. The molecule has 0 aliphatic rings. The Morgan fingerprint density at radius 1 is 1.00 bits per heavy atom. The van der Waals surface area contributed by atoms with Crippen molar-refractivity contribution in [1.82, 2.24) is 0 Å². The maximum Gasteiger partial charge on any atom is 0.338 e. The van der Waals surface area contributed by atoms with Gasteiger partial charge in [-0.3, -0.25) is 0 Å². The van der Waals surface area contributed by atoms with Crippen LogP contribution < -0.4 is 9.47 Å². The Morgan fingerprint density at radius 3 is 2.27 bits per heavy atom. The Kier molecular flexibility index (Phi) is 5.74. The third kappa shape index (κ3) is 5.07. The molecular formula is C18H18O4. The lowest BCUT2D eigenvalue weighted by molar-refractivity contribution is -0.130. The molecular weight excluding hydrogens is 280 g/mol. The van der Waals surface area contributed by atoms with Gasteiger partial charge in [0, 0.05) is 5.57 Å². The quantitative estimate of drug-likeness (QED) is 0.257. The van der Waals surface area contributed by atoms with Crippen LogP contribution in [0.2, 0.25) is 0 Å². The summed E-state index contributed by atoms with van der Waals surface area (Å²) < 4.78 is 16.0. The van der Waals surface area contributed by atoms with Crippen molar-refractivity contribution in [2.75, 3.05) is 6.79 Å². The normalized spacial score (nSPS) is 10.0. The molecule has 0 atom stereocenters. The van der Waals surface area contributed by atoms with Crippen LogP contribution in [0.1, 0.15) is 12.5 Å². The SMILES string of the molecule is C=C(C)C(=O)Oc1ccc(OCOCc2ccccc2)cc1. The molecule has 0 spiro atoms. The number of rotatable bonds is 7. The number of esters is 1. The van der Waals surface area contributed by atoms with Crippen molar-refractivity contribution in [3.63, 3.8) is 0 Å². The average molecular weight is 298 g/mol. The first-order valence-corrected chi connectivity index (χ1v) is 6.87. The van der Waals surface area contributed by atoms with Gasteiger partial charge in [-0.05, 0) is 36.8 Å². The topological polar surface area (TPSA) is 44.8 Å². The summed E-state index contributed by atoms with van der Waals surface area (Å²) in [5.41, 5.74) is 1.45. The summed E-state index contributed by atoms with van der Waals surface area (Å²) in [6.07, 6.45) is 0. The van der Waals surface area contributed by atoms with Crippen LogP contribution in [-0.4, -0.2) is 12.8 Å². The molecule has 2 rings (SSSR count). The van der Waals surface area contributed by atoms with Gasteiger partial charge in [0.15, 0.2) is 6.79 Å².